The molecule has 14 heavy (non-hydrogen) atoms. The molecule has 5 heteroatoms. The maximum atomic E-state index is 11.4. The minimum Gasteiger partial charge on any atom is -0.448 e. The fourth-order valence-corrected chi connectivity index (χ4v) is 1.21. The van der Waals surface area contributed by atoms with Gasteiger partial charge in [0.15, 0.2) is 0 Å². The average molecular weight is 196 g/mol. The van der Waals surface area contributed by atoms with Gasteiger partial charge in [-0.2, -0.15) is 0 Å². The molecule has 1 saturated heterocycles. The highest BCUT2D eigenvalue weighted by atomic mass is 16.6. The number of carbonyl (C=O) groups is 1. The van der Waals surface area contributed by atoms with Crippen LogP contribution in [0.3, 0.4) is 0 Å². The standard InChI is InChI=1S/C9H12N2O3/c1-9(4-13-5-9)6-14-8(12)11-3-2-10-7-11/h2-3,7H,4-6H2,1H3. The van der Waals surface area contributed by atoms with E-state index in [1.807, 2.05) is 6.92 Å². The van der Waals surface area contributed by atoms with E-state index in [0.29, 0.717) is 19.8 Å². The number of nitrogens with zero attached hydrogens (tertiary/aromatic N) is 2. The summed E-state index contributed by atoms with van der Waals surface area (Å²) < 4.78 is 11.5. The van der Waals surface area contributed by atoms with Crippen LogP contribution in [0.5, 0.6) is 0 Å². The number of ether oxygens (including phenoxy) is 2. The van der Waals surface area contributed by atoms with Gasteiger partial charge in [0.1, 0.15) is 12.9 Å². The van der Waals surface area contributed by atoms with E-state index in [-0.39, 0.29) is 5.41 Å². The van der Waals surface area contributed by atoms with Crippen molar-refractivity contribution >= 4 is 6.09 Å². The second kappa shape index (κ2) is 3.42. The van der Waals surface area contributed by atoms with Crippen LogP contribution in [0.1, 0.15) is 6.92 Å². The van der Waals surface area contributed by atoms with Crippen molar-refractivity contribution in [3.63, 3.8) is 0 Å². The van der Waals surface area contributed by atoms with Crippen LogP contribution in [0, 0.1) is 5.41 Å². The smallest absolute Gasteiger partial charge is 0.419 e. The highest BCUT2D eigenvalue weighted by Gasteiger charge is 2.34. The fraction of sp³-hybridized carbons (Fsp3) is 0.556. The highest BCUT2D eigenvalue weighted by molar-refractivity contribution is 5.69. The predicted octanol–water partition coefficient (Wildman–Crippen LogP) is 0.904. The van der Waals surface area contributed by atoms with Gasteiger partial charge in [0, 0.05) is 17.8 Å². The van der Waals surface area contributed by atoms with Crippen molar-refractivity contribution in [2.75, 3.05) is 19.8 Å². The van der Waals surface area contributed by atoms with Gasteiger partial charge in [-0.25, -0.2) is 14.3 Å². The first kappa shape index (κ1) is 9.21. The predicted molar refractivity (Wildman–Crippen MR) is 47.9 cm³/mol. The van der Waals surface area contributed by atoms with Crippen molar-refractivity contribution in [3.05, 3.63) is 18.7 Å². The summed E-state index contributed by atoms with van der Waals surface area (Å²) >= 11 is 0. The molecule has 0 N–H and O–H groups in total. The van der Waals surface area contributed by atoms with E-state index in [2.05, 4.69) is 4.98 Å². The molecule has 0 aromatic carbocycles. The zero-order chi connectivity index (χ0) is 10.0. The topological polar surface area (TPSA) is 53.4 Å². The van der Waals surface area contributed by atoms with E-state index in [1.54, 1.807) is 6.20 Å². The Labute approximate surface area is 81.6 Å². The Morgan fingerprint density at radius 3 is 3.00 bits per heavy atom. The summed E-state index contributed by atoms with van der Waals surface area (Å²) in [5.74, 6) is 0. The Kier molecular flexibility index (Phi) is 2.25. The van der Waals surface area contributed by atoms with Gasteiger partial charge in [-0.15, -0.1) is 0 Å². The summed E-state index contributed by atoms with van der Waals surface area (Å²) in [5.41, 5.74) is -0.00373. The van der Waals surface area contributed by atoms with E-state index >= 15 is 0 Å². The van der Waals surface area contributed by atoms with Crippen LogP contribution < -0.4 is 0 Å². The quantitative estimate of drug-likeness (QED) is 0.705. The zero-order valence-electron chi connectivity index (χ0n) is 7.97. The Bertz CT molecular complexity index is 317. The second-order valence-corrected chi connectivity index (χ2v) is 3.83. The van der Waals surface area contributed by atoms with Crippen molar-refractivity contribution in [3.8, 4) is 0 Å². The van der Waals surface area contributed by atoms with Crippen LogP contribution in [0.2, 0.25) is 0 Å². The molecule has 2 rings (SSSR count). The first-order chi connectivity index (χ1) is 6.70. The Hall–Kier alpha value is -1.36. The van der Waals surface area contributed by atoms with Gasteiger partial charge in [0.05, 0.1) is 13.2 Å². The van der Waals surface area contributed by atoms with Crippen LogP contribution in [0.25, 0.3) is 0 Å². The number of aromatic nitrogens is 2. The number of carbonyl (C=O) groups excluding carboxylic acids is 1. The van der Waals surface area contributed by atoms with Gasteiger partial charge in [-0.05, 0) is 0 Å². The lowest BCUT2D eigenvalue weighted by Crippen LogP contribution is -2.44. The van der Waals surface area contributed by atoms with Crippen molar-refractivity contribution in [2.45, 2.75) is 6.92 Å². The van der Waals surface area contributed by atoms with Gasteiger partial charge >= 0.3 is 6.09 Å². The minimum absolute atomic E-state index is 0.00373. The van der Waals surface area contributed by atoms with Gasteiger partial charge in [0.2, 0.25) is 0 Å². The Morgan fingerprint density at radius 1 is 1.71 bits per heavy atom. The summed E-state index contributed by atoms with van der Waals surface area (Å²) in [6, 6.07) is 0. The molecule has 1 aliphatic rings. The minimum atomic E-state index is -0.393. The lowest BCUT2D eigenvalue weighted by atomic mass is 9.90. The summed E-state index contributed by atoms with van der Waals surface area (Å²) in [4.78, 5) is 15.1. The third kappa shape index (κ3) is 1.77. The molecule has 0 spiro atoms. The third-order valence-corrected chi connectivity index (χ3v) is 2.16. The zero-order valence-corrected chi connectivity index (χ0v) is 7.97. The maximum absolute atomic E-state index is 11.4. The lowest BCUT2D eigenvalue weighted by Gasteiger charge is -2.36. The first-order valence-electron chi connectivity index (χ1n) is 4.42. The number of imidazole rings is 1. The summed E-state index contributed by atoms with van der Waals surface area (Å²) in [5, 5.41) is 0. The molecule has 0 bridgehead atoms. The molecule has 1 aliphatic heterocycles. The van der Waals surface area contributed by atoms with Gasteiger partial charge < -0.3 is 9.47 Å². The van der Waals surface area contributed by atoms with E-state index in [9.17, 15) is 4.79 Å². The maximum Gasteiger partial charge on any atom is 0.419 e. The molecule has 1 aromatic rings. The number of hydrogen-bond donors (Lipinski definition) is 0. The fourth-order valence-electron chi connectivity index (χ4n) is 1.21. The molecule has 1 fully saturated rings. The largest absolute Gasteiger partial charge is 0.448 e. The van der Waals surface area contributed by atoms with E-state index in [1.165, 1.54) is 17.1 Å². The van der Waals surface area contributed by atoms with Crippen molar-refractivity contribution in [1.29, 1.82) is 0 Å². The van der Waals surface area contributed by atoms with Crippen molar-refractivity contribution in [1.82, 2.24) is 9.55 Å². The summed E-state index contributed by atoms with van der Waals surface area (Å²) in [6.07, 6.45) is 4.12. The summed E-state index contributed by atoms with van der Waals surface area (Å²) in [6.45, 7) is 3.73. The van der Waals surface area contributed by atoms with Crippen LogP contribution in [-0.4, -0.2) is 35.5 Å². The summed E-state index contributed by atoms with van der Waals surface area (Å²) in [7, 11) is 0. The SMILES string of the molecule is CC1(COC(=O)n2ccnc2)COC1. The van der Waals surface area contributed by atoms with E-state index in [0.717, 1.165) is 0 Å². The van der Waals surface area contributed by atoms with Gasteiger partial charge in [-0.1, -0.05) is 6.92 Å². The Morgan fingerprint density at radius 2 is 2.50 bits per heavy atom. The molecule has 0 unspecified atom stereocenters. The Balaban J connectivity index is 1.84. The average Bonchev–Trinajstić information content (AvgIpc) is 2.63. The molecule has 0 saturated carbocycles. The second-order valence-electron chi connectivity index (χ2n) is 3.83. The van der Waals surface area contributed by atoms with Crippen molar-refractivity contribution in [2.24, 2.45) is 5.41 Å². The first-order valence-corrected chi connectivity index (χ1v) is 4.42. The van der Waals surface area contributed by atoms with Crippen LogP contribution in [-0.2, 0) is 9.47 Å². The van der Waals surface area contributed by atoms with E-state index < -0.39 is 6.09 Å². The van der Waals surface area contributed by atoms with Crippen LogP contribution in [0.15, 0.2) is 18.7 Å². The third-order valence-electron chi connectivity index (χ3n) is 2.16. The van der Waals surface area contributed by atoms with Crippen LogP contribution in [0.4, 0.5) is 4.79 Å². The number of rotatable bonds is 2. The molecule has 0 radical (unpaired) electrons. The molecule has 0 aliphatic carbocycles. The molecular weight excluding hydrogens is 184 g/mol. The molecule has 2 heterocycles. The molecule has 76 valence electrons. The molecule has 0 atom stereocenters. The molecule has 5 nitrogen and oxygen atoms in total. The van der Waals surface area contributed by atoms with Crippen LogP contribution >= 0.6 is 0 Å². The molecule has 0 amide bonds. The van der Waals surface area contributed by atoms with Crippen molar-refractivity contribution < 1.29 is 14.3 Å². The normalized spacial score (nSPS) is 18.6. The number of hydrogen-bond acceptors (Lipinski definition) is 4. The highest BCUT2D eigenvalue weighted by Crippen LogP contribution is 2.26. The monoisotopic (exact) mass is 196 g/mol. The van der Waals surface area contributed by atoms with Gasteiger partial charge in [0.25, 0.3) is 0 Å². The lowest BCUT2D eigenvalue weighted by molar-refractivity contribution is -0.125. The molecular formula is C9H12N2O3. The van der Waals surface area contributed by atoms with E-state index in [4.69, 9.17) is 9.47 Å². The van der Waals surface area contributed by atoms with Gasteiger partial charge in [-0.3, -0.25) is 0 Å². The molecule has 1 aromatic heterocycles.